The number of aliphatic hydroxyl groups excluding tert-OH is 3. The van der Waals surface area contributed by atoms with Crippen molar-refractivity contribution in [3.05, 3.63) is 119 Å². The van der Waals surface area contributed by atoms with Crippen LogP contribution in [0.3, 0.4) is 0 Å². The largest absolute Gasteiger partial charge is 0.456 e. The molecule has 1 heterocycles. The highest BCUT2D eigenvalue weighted by molar-refractivity contribution is 5.95. The zero-order chi connectivity index (χ0) is 44.9. The van der Waals surface area contributed by atoms with Gasteiger partial charge >= 0.3 is 23.9 Å². The van der Waals surface area contributed by atoms with Gasteiger partial charge in [-0.05, 0) is 47.9 Å². The molecule has 1 saturated heterocycles. The highest BCUT2D eigenvalue weighted by atomic mass is 16.6. The van der Waals surface area contributed by atoms with Crippen LogP contribution in [0.4, 0.5) is 0 Å². The van der Waals surface area contributed by atoms with Crippen LogP contribution in [-0.4, -0.2) is 111 Å². The number of benzene rings is 3. The minimum atomic E-state index is -2.35. The molecule has 3 aromatic rings. The summed E-state index contributed by atoms with van der Waals surface area (Å²) in [6.45, 7) is 8.30. The second-order valence-corrected chi connectivity index (χ2v) is 17.6. The number of hydrogen-bond donors (Lipinski definition) is 5. The molecule has 15 nitrogen and oxygen atoms in total. The summed E-state index contributed by atoms with van der Waals surface area (Å²) in [4.78, 5) is 68.1. The van der Waals surface area contributed by atoms with E-state index in [2.05, 4.69) is 5.32 Å². The van der Waals surface area contributed by atoms with Crippen LogP contribution in [-0.2, 0) is 38.1 Å². The molecule has 2 bridgehead atoms. The summed E-state index contributed by atoms with van der Waals surface area (Å²) < 4.78 is 30.5. The minimum Gasteiger partial charge on any atom is -0.456 e. The molecule has 1 unspecified atom stereocenters. The fraction of sp³-hybridized carbons (Fsp3) is 0.468. The van der Waals surface area contributed by atoms with Crippen molar-refractivity contribution >= 4 is 29.8 Å². The summed E-state index contributed by atoms with van der Waals surface area (Å²) in [6, 6.07) is 23.1. The van der Waals surface area contributed by atoms with E-state index in [0.29, 0.717) is 5.56 Å². The van der Waals surface area contributed by atoms with Gasteiger partial charge in [0, 0.05) is 43.1 Å². The standard InChI is InChI=1S/C47H53NO14/c1-25-31(60-43(56)36(52)35(28-16-10-7-11-17-28)48-41(54)29-18-12-8-13-19-29)23-47(57)40(61-42(55)30-20-14-9-15-21-30)38-45(6,32(51)22-33-46(38,24-58-33)62-27(3)50)39(53)37(59-26(2)49)34(25)44(47,4)5/h7-21,31-33,35-40,51-53,57H,22-24H2,1-6H3,(H,48,54)/t31-,32-,33?,35-,36+,37-,38-,39-,40-,45+,46-,47+/m0/s1. The van der Waals surface area contributed by atoms with Crippen molar-refractivity contribution in [2.75, 3.05) is 6.61 Å². The van der Waals surface area contributed by atoms with Crippen LogP contribution in [0.25, 0.3) is 0 Å². The van der Waals surface area contributed by atoms with Crippen LogP contribution >= 0.6 is 0 Å². The van der Waals surface area contributed by atoms with E-state index in [9.17, 15) is 44.4 Å². The lowest BCUT2D eigenvalue weighted by Crippen LogP contribution is -2.82. The van der Waals surface area contributed by atoms with Crippen molar-refractivity contribution in [1.29, 1.82) is 0 Å². The van der Waals surface area contributed by atoms with Crippen molar-refractivity contribution in [3.8, 4) is 0 Å². The van der Waals surface area contributed by atoms with Gasteiger partial charge in [-0.3, -0.25) is 14.4 Å². The van der Waals surface area contributed by atoms with Gasteiger partial charge < -0.3 is 49.4 Å². The summed E-state index contributed by atoms with van der Waals surface area (Å²) in [7, 11) is 0. The number of nitrogens with one attached hydrogen (secondary N) is 1. The smallest absolute Gasteiger partial charge is 0.338 e. The third kappa shape index (κ3) is 7.38. The minimum absolute atomic E-state index is 0.0914. The van der Waals surface area contributed by atoms with Gasteiger partial charge in [0.25, 0.3) is 5.91 Å². The fourth-order valence-corrected chi connectivity index (χ4v) is 10.4. The van der Waals surface area contributed by atoms with Gasteiger partial charge in [-0.2, -0.15) is 0 Å². The Kier molecular flexibility index (Phi) is 12.0. The van der Waals surface area contributed by atoms with Crippen molar-refractivity contribution in [2.45, 2.75) is 114 Å². The highest BCUT2D eigenvalue weighted by Gasteiger charge is 2.78. The topological polar surface area (TPSA) is 224 Å². The molecule has 15 heteroatoms. The normalized spacial score (nSPS) is 33.0. The van der Waals surface area contributed by atoms with Gasteiger partial charge in [0.15, 0.2) is 17.8 Å². The first-order valence-electron chi connectivity index (χ1n) is 20.6. The Morgan fingerprint density at radius 1 is 0.806 bits per heavy atom. The molecule has 3 aliphatic carbocycles. The third-order valence-corrected chi connectivity index (χ3v) is 13.7. The number of amides is 1. The molecule has 3 fully saturated rings. The molecule has 1 amide bonds. The van der Waals surface area contributed by atoms with E-state index in [1.807, 2.05) is 0 Å². The second-order valence-electron chi connectivity index (χ2n) is 17.6. The maximum Gasteiger partial charge on any atom is 0.338 e. The van der Waals surface area contributed by atoms with Crippen LogP contribution < -0.4 is 5.32 Å². The van der Waals surface area contributed by atoms with Gasteiger partial charge in [0.05, 0.1) is 30.2 Å². The summed E-state index contributed by atoms with van der Waals surface area (Å²) in [6.07, 6.45) is -11.8. The predicted molar refractivity (Wildman–Crippen MR) is 219 cm³/mol. The van der Waals surface area contributed by atoms with Gasteiger partial charge in [-0.25, -0.2) is 9.59 Å². The molecule has 4 aliphatic rings. The Morgan fingerprint density at radius 2 is 1.39 bits per heavy atom. The number of esters is 4. The van der Waals surface area contributed by atoms with Crippen molar-refractivity contribution in [2.24, 2.45) is 16.7 Å². The summed E-state index contributed by atoms with van der Waals surface area (Å²) in [5.41, 5.74) is -6.46. The van der Waals surface area contributed by atoms with Crippen LogP contribution in [0.1, 0.15) is 86.7 Å². The van der Waals surface area contributed by atoms with Gasteiger partial charge in [-0.1, -0.05) is 87.5 Å². The molecule has 0 spiro atoms. The number of carbonyl (C=O) groups is 5. The lowest BCUT2D eigenvalue weighted by atomic mass is 9.44. The maximum absolute atomic E-state index is 14.3. The van der Waals surface area contributed by atoms with E-state index in [-0.39, 0.29) is 35.3 Å². The summed E-state index contributed by atoms with van der Waals surface area (Å²) >= 11 is 0. The average Bonchev–Trinajstić information content (AvgIpc) is 3.24. The number of carbonyl (C=O) groups excluding carboxylic acids is 5. The number of hydrogen-bond acceptors (Lipinski definition) is 14. The molecule has 3 aromatic carbocycles. The lowest BCUT2D eigenvalue weighted by molar-refractivity contribution is -0.365. The van der Waals surface area contributed by atoms with E-state index in [4.69, 9.17) is 23.7 Å². The fourth-order valence-electron chi connectivity index (χ4n) is 10.4. The predicted octanol–water partition coefficient (Wildman–Crippen LogP) is 3.53. The van der Waals surface area contributed by atoms with Crippen molar-refractivity contribution in [1.82, 2.24) is 5.32 Å². The molecule has 7 rings (SSSR count). The number of aliphatic hydroxyl groups is 4. The molecule has 5 N–H and O–H groups in total. The molecule has 330 valence electrons. The molecule has 62 heavy (non-hydrogen) atoms. The quantitative estimate of drug-likeness (QED) is 0.112. The molecular formula is C47H53NO14. The Hall–Kier alpha value is -5.45. The number of fused-ring (bicyclic) bond motifs is 5. The van der Waals surface area contributed by atoms with E-state index >= 15 is 0 Å². The van der Waals surface area contributed by atoms with Crippen molar-refractivity contribution in [3.63, 3.8) is 0 Å². The summed E-state index contributed by atoms with van der Waals surface area (Å²) in [5.74, 6) is -5.73. The molecule has 1 aliphatic heterocycles. The summed E-state index contributed by atoms with van der Waals surface area (Å²) in [5, 5.41) is 53.2. The lowest BCUT2D eigenvalue weighted by Gasteiger charge is -2.69. The molecule has 0 aromatic heterocycles. The van der Waals surface area contributed by atoms with E-state index in [1.54, 1.807) is 99.6 Å². The van der Waals surface area contributed by atoms with Crippen LogP contribution in [0.5, 0.6) is 0 Å². The second kappa shape index (κ2) is 16.7. The van der Waals surface area contributed by atoms with Gasteiger partial charge in [0.2, 0.25) is 0 Å². The highest BCUT2D eigenvalue weighted by Crippen LogP contribution is 2.65. The first kappa shape index (κ1) is 44.6. The molecule has 12 atom stereocenters. The van der Waals surface area contributed by atoms with Crippen LogP contribution in [0, 0.1) is 16.7 Å². The van der Waals surface area contributed by atoms with E-state index in [1.165, 1.54) is 26.0 Å². The average molecular weight is 856 g/mol. The van der Waals surface area contributed by atoms with Gasteiger partial charge in [-0.15, -0.1) is 0 Å². The Balaban J connectivity index is 1.38. The van der Waals surface area contributed by atoms with Crippen molar-refractivity contribution < 1.29 is 68.1 Å². The van der Waals surface area contributed by atoms with Crippen LogP contribution in [0.15, 0.2) is 102 Å². The first-order valence-corrected chi connectivity index (χ1v) is 20.6. The molecular weight excluding hydrogens is 803 g/mol. The monoisotopic (exact) mass is 855 g/mol. The molecule has 0 radical (unpaired) electrons. The number of rotatable bonds is 10. The Labute approximate surface area is 359 Å². The SMILES string of the molecule is CC(=O)O[C@H]1C2=C(C)[C@@H](OC(=O)[C@H](O)[C@@H](NC(=O)c3ccccc3)c3ccccc3)C[C@@](O)([C@@H](OC(=O)c3ccccc3)[C@H]3[C@@](C)([C@@H](O)CC4OC[C@]43OC(C)=O)[C@H]1O)C2(C)C. The first-order chi connectivity index (χ1) is 29.3. The van der Waals surface area contributed by atoms with E-state index in [0.717, 1.165) is 6.92 Å². The zero-order valence-electron chi connectivity index (χ0n) is 35.3. The third-order valence-electron chi connectivity index (χ3n) is 13.7. The van der Waals surface area contributed by atoms with E-state index < -0.39 is 113 Å². The van der Waals surface area contributed by atoms with Crippen LogP contribution in [0.2, 0.25) is 0 Å². The number of ether oxygens (including phenoxy) is 5. The Morgan fingerprint density at radius 3 is 1.94 bits per heavy atom. The maximum atomic E-state index is 14.3. The Bertz CT molecular complexity index is 2230. The zero-order valence-corrected chi connectivity index (χ0v) is 35.3. The molecule has 2 saturated carbocycles. The van der Waals surface area contributed by atoms with Gasteiger partial charge in [0.1, 0.15) is 30.0 Å².